The van der Waals surface area contributed by atoms with Crippen LogP contribution < -0.4 is 9.47 Å². The zero-order chi connectivity index (χ0) is 11.5. The van der Waals surface area contributed by atoms with Crippen LogP contribution in [0, 0.1) is 0 Å². The number of hydrogen-bond donors (Lipinski definition) is 1. The highest BCUT2D eigenvalue weighted by Crippen LogP contribution is 2.41. The minimum absolute atomic E-state index is 0.0334. The Balaban J connectivity index is 2.48. The molecule has 1 aromatic carbocycles. The topological polar surface area (TPSA) is 38.7 Å². The van der Waals surface area contributed by atoms with Gasteiger partial charge in [-0.15, -0.1) is 0 Å². The molecule has 2 rings (SSSR count). The van der Waals surface area contributed by atoms with Crippen LogP contribution in [0.2, 0.25) is 0 Å². The van der Waals surface area contributed by atoms with E-state index in [9.17, 15) is 5.11 Å². The van der Waals surface area contributed by atoms with Crippen molar-refractivity contribution in [1.82, 2.24) is 0 Å². The van der Waals surface area contributed by atoms with Gasteiger partial charge in [-0.2, -0.15) is 0 Å². The van der Waals surface area contributed by atoms with Gasteiger partial charge in [0.05, 0.1) is 13.2 Å². The van der Waals surface area contributed by atoms with Crippen molar-refractivity contribution in [1.29, 1.82) is 0 Å². The van der Waals surface area contributed by atoms with E-state index in [-0.39, 0.29) is 12.5 Å². The molecule has 16 heavy (non-hydrogen) atoms. The van der Waals surface area contributed by atoms with E-state index in [1.54, 1.807) is 0 Å². The minimum atomic E-state index is 0.0334. The first kappa shape index (κ1) is 11.7. The minimum Gasteiger partial charge on any atom is -0.490 e. The molecule has 1 aliphatic heterocycles. The Bertz CT molecular complexity index is 379. The molecule has 1 heterocycles. The molecule has 1 unspecified atom stereocenters. The number of rotatable bonds is 2. The summed E-state index contributed by atoms with van der Waals surface area (Å²) in [4.78, 5) is 0. The number of halogens is 1. The van der Waals surface area contributed by atoms with E-state index in [0.29, 0.717) is 13.2 Å². The average molecular weight is 287 g/mol. The first-order chi connectivity index (χ1) is 7.74. The highest BCUT2D eigenvalue weighted by Gasteiger charge is 2.21. The van der Waals surface area contributed by atoms with E-state index in [1.807, 2.05) is 19.1 Å². The van der Waals surface area contributed by atoms with Crippen LogP contribution in [0.25, 0.3) is 0 Å². The lowest BCUT2D eigenvalue weighted by Gasteiger charge is -2.17. The van der Waals surface area contributed by atoms with Gasteiger partial charge in [0.1, 0.15) is 0 Å². The highest BCUT2D eigenvalue weighted by molar-refractivity contribution is 9.10. The second-order valence-electron chi connectivity index (χ2n) is 3.92. The van der Waals surface area contributed by atoms with Crippen molar-refractivity contribution in [2.75, 3.05) is 19.8 Å². The summed E-state index contributed by atoms with van der Waals surface area (Å²) in [6.45, 7) is 3.41. The summed E-state index contributed by atoms with van der Waals surface area (Å²) in [5.74, 6) is 1.58. The van der Waals surface area contributed by atoms with Crippen LogP contribution in [0.5, 0.6) is 11.5 Å². The molecule has 88 valence electrons. The number of fused-ring (bicyclic) bond motifs is 1. The monoisotopic (exact) mass is 286 g/mol. The van der Waals surface area contributed by atoms with E-state index in [1.165, 1.54) is 0 Å². The molecular formula is C12H15BrO3. The molecule has 0 spiro atoms. The van der Waals surface area contributed by atoms with Gasteiger partial charge in [0, 0.05) is 29.0 Å². The molecule has 1 N–H and O–H groups in total. The van der Waals surface area contributed by atoms with Gasteiger partial charge in [0.2, 0.25) is 0 Å². The van der Waals surface area contributed by atoms with Gasteiger partial charge in [-0.1, -0.05) is 22.9 Å². The number of aliphatic hydroxyl groups excluding tert-OH is 1. The van der Waals surface area contributed by atoms with E-state index in [2.05, 4.69) is 15.9 Å². The summed E-state index contributed by atoms with van der Waals surface area (Å²) in [7, 11) is 0. The lowest BCUT2D eigenvalue weighted by atomic mass is 10.0. The van der Waals surface area contributed by atoms with Crippen LogP contribution in [0.1, 0.15) is 24.8 Å². The van der Waals surface area contributed by atoms with Gasteiger partial charge >= 0.3 is 0 Å². The van der Waals surface area contributed by atoms with Gasteiger partial charge in [0.25, 0.3) is 0 Å². The molecule has 0 fully saturated rings. The molecule has 0 amide bonds. The molecule has 3 nitrogen and oxygen atoms in total. The normalized spacial score (nSPS) is 16.7. The quantitative estimate of drug-likeness (QED) is 0.909. The molecule has 1 aromatic rings. The van der Waals surface area contributed by atoms with Crippen LogP contribution >= 0.6 is 15.9 Å². The largest absolute Gasteiger partial charge is 0.490 e. The van der Waals surface area contributed by atoms with Crippen LogP contribution in [0.3, 0.4) is 0 Å². The average Bonchev–Trinajstić information content (AvgIpc) is 2.53. The SMILES string of the molecule is CC(CO)c1c(Br)ccc2c1OCCCO2. The standard InChI is InChI=1S/C12H15BrO3/c1-8(7-14)11-9(13)3-4-10-12(11)16-6-2-5-15-10/h3-4,8,14H,2,5-7H2,1H3. The van der Waals surface area contributed by atoms with Gasteiger partial charge in [-0.25, -0.2) is 0 Å². The van der Waals surface area contributed by atoms with Gasteiger partial charge in [-0.3, -0.25) is 0 Å². The molecule has 0 saturated heterocycles. The van der Waals surface area contributed by atoms with Crippen molar-refractivity contribution in [2.45, 2.75) is 19.3 Å². The highest BCUT2D eigenvalue weighted by atomic mass is 79.9. The predicted molar refractivity (Wildman–Crippen MR) is 65.2 cm³/mol. The summed E-state index contributed by atoms with van der Waals surface area (Å²) < 4.78 is 12.3. The fourth-order valence-electron chi connectivity index (χ4n) is 1.78. The molecule has 0 saturated carbocycles. The first-order valence-electron chi connectivity index (χ1n) is 5.43. The maximum Gasteiger partial charge on any atom is 0.165 e. The summed E-state index contributed by atoms with van der Waals surface area (Å²) in [6.07, 6.45) is 0.888. The second kappa shape index (κ2) is 5.06. The van der Waals surface area contributed by atoms with Gasteiger partial charge < -0.3 is 14.6 Å². The van der Waals surface area contributed by atoms with Crippen molar-refractivity contribution in [3.05, 3.63) is 22.2 Å². The third-order valence-corrected chi connectivity index (χ3v) is 3.36. The number of hydrogen-bond acceptors (Lipinski definition) is 3. The lowest BCUT2D eigenvalue weighted by molar-refractivity contribution is 0.264. The molecular weight excluding hydrogens is 272 g/mol. The third-order valence-electron chi connectivity index (χ3n) is 2.67. The lowest BCUT2D eigenvalue weighted by Crippen LogP contribution is -2.05. The molecule has 1 aliphatic rings. The van der Waals surface area contributed by atoms with E-state index < -0.39 is 0 Å². The number of benzene rings is 1. The summed E-state index contributed by atoms with van der Waals surface area (Å²) >= 11 is 3.50. The summed E-state index contributed by atoms with van der Waals surface area (Å²) in [5.41, 5.74) is 0.988. The Labute approximate surface area is 104 Å². The van der Waals surface area contributed by atoms with Crippen molar-refractivity contribution in [3.63, 3.8) is 0 Å². The maximum atomic E-state index is 9.27. The fraction of sp³-hybridized carbons (Fsp3) is 0.500. The molecule has 0 radical (unpaired) electrons. The van der Waals surface area contributed by atoms with Crippen molar-refractivity contribution >= 4 is 15.9 Å². The Hall–Kier alpha value is -0.740. The Kier molecular flexibility index (Phi) is 3.71. The van der Waals surface area contributed by atoms with E-state index in [4.69, 9.17) is 9.47 Å². The first-order valence-corrected chi connectivity index (χ1v) is 6.22. The van der Waals surface area contributed by atoms with Gasteiger partial charge in [-0.05, 0) is 12.1 Å². The molecule has 0 aromatic heterocycles. The van der Waals surface area contributed by atoms with Crippen molar-refractivity contribution in [2.24, 2.45) is 0 Å². The fourth-order valence-corrected chi connectivity index (χ4v) is 2.49. The summed E-state index contributed by atoms with van der Waals surface area (Å²) in [6, 6.07) is 3.84. The number of aliphatic hydroxyl groups is 1. The smallest absolute Gasteiger partial charge is 0.165 e. The van der Waals surface area contributed by atoms with E-state index >= 15 is 0 Å². The van der Waals surface area contributed by atoms with Crippen molar-refractivity contribution in [3.8, 4) is 11.5 Å². The number of ether oxygens (including phenoxy) is 2. The third kappa shape index (κ3) is 2.18. The molecule has 4 heteroatoms. The second-order valence-corrected chi connectivity index (χ2v) is 4.78. The predicted octanol–water partition coefficient (Wildman–Crippen LogP) is 2.71. The Morgan fingerprint density at radius 1 is 1.38 bits per heavy atom. The van der Waals surface area contributed by atoms with Crippen LogP contribution in [0.15, 0.2) is 16.6 Å². The van der Waals surface area contributed by atoms with E-state index in [0.717, 1.165) is 28.0 Å². The Morgan fingerprint density at radius 3 is 2.88 bits per heavy atom. The molecule has 0 aliphatic carbocycles. The molecule has 1 atom stereocenters. The zero-order valence-corrected chi connectivity index (χ0v) is 10.8. The summed E-state index contributed by atoms with van der Waals surface area (Å²) in [5, 5.41) is 9.27. The van der Waals surface area contributed by atoms with Gasteiger partial charge in [0.15, 0.2) is 11.5 Å². The maximum absolute atomic E-state index is 9.27. The van der Waals surface area contributed by atoms with Crippen LogP contribution in [0.4, 0.5) is 0 Å². The van der Waals surface area contributed by atoms with Crippen LogP contribution in [-0.2, 0) is 0 Å². The zero-order valence-electron chi connectivity index (χ0n) is 9.20. The van der Waals surface area contributed by atoms with Crippen LogP contribution in [-0.4, -0.2) is 24.9 Å². The Morgan fingerprint density at radius 2 is 2.12 bits per heavy atom. The molecule has 0 bridgehead atoms. The van der Waals surface area contributed by atoms with Crippen molar-refractivity contribution < 1.29 is 14.6 Å².